The molecule has 3 nitrogen and oxygen atoms in total. The predicted octanol–water partition coefficient (Wildman–Crippen LogP) is 4.52. The first-order valence-corrected chi connectivity index (χ1v) is 8.34. The molecule has 0 spiro atoms. The minimum atomic E-state index is -0.198. The van der Waals surface area contributed by atoms with Gasteiger partial charge in [0, 0.05) is 27.2 Å². The van der Waals surface area contributed by atoms with Gasteiger partial charge in [0.25, 0.3) is 5.91 Å². The van der Waals surface area contributed by atoms with Gasteiger partial charge < -0.3 is 10.1 Å². The first-order chi connectivity index (χ1) is 10.6. The minimum Gasteiger partial charge on any atom is -0.496 e. The number of benzene rings is 2. The quantitative estimate of drug-likeness (QED) is 0.611. The molecular weight excluding hydrogens is 341 g/mol. The lowest BCUT2D eigenvalue weighted by Crippen LogP contribution is -2.26. The average Bonchev–Trinajstić information content (AvgIpc) is 2.53. The lowest BCUT2D eigenvalue weighted by molar-refractivity contribution is 0.0953. The van der Waals surface area contributed by atoms with Crippen LogP contribution in [0.3, 0.4) is 0 Å². The van der Waals surface area contributed by atoms with E-state index in [2.05, 4.69) is 5.32 Å². The fourth-order valence-electron chi connectivity index (χ4n) is 1.82. The highest BCUT2D eigenvalue weighted by molar-refractivity contribution is 7.99. The summed E-state index contributed by atoms with van der Waals surface area (Å²) in [6.45, 7) is 0.543. The third-order valence-electron chi connectivity index (χ3n) is 2.88. The molecule has 1 N–H and O–H groups in total. The maximum absolute atomic E-state index is 12.2. The first-order valence-electron chi connectivity index (χ1n) is 6.60. The van der Waals surface area contributed by atoms with E-state index < -0.39 is 0 Å². The molecule has 6 heteroatoms. The van der Waals surface area contributed by atoms with Gasteiger partial charge in [0.1, 0.15) is 5.75 Å². The molecular formula is C16H15Cl2NO2S. The van der Waals surface area contributed by atoms with E-state index >= 15 is 0 Å². The van der Waals surface area contributed by atoms with Crippen molar-refractivity contribution in [1.82, 2.24) is 5.32 Å². The normalized spacial score (nSPS) is 10.3. The topological polar surface area (TPSA) is 38.3 Å². The molecule has 0 atom stereocenters. The summed E-state index contributed by atoms with van der Waals surface area (Å²) in [5.41, 5.74) is 0.437. The summed E-state index contributed by atoms with van der Waals surface area (Å²) in [7, 11) is 1.52. The number of amides is 1. The molecule has 0 aliphatic rings. The smallest absolute Gasteiger partial charge is 0.255 e. The van der Waals surface area contributed by atoms with E-state index in [-0.39, 0.29) is 5.91 Å². The Bertz CT molecular complexity index is 647. The molecule has 0 saturated carbocycles. The van der Waals surface area contributed by atoms with Crippen molar-refractivity contribution in [3.05, 3.63) is 58.1 Å². The number of hydrogen-bond donors (Lipinski definition) is 1. The number of halogens is 2. The van der Waals surface area contributed by atoms with Crippen molar-refractivity contribution in [2.75, 3.05) is 19.4 Å². The second kappa shape index (κ2) is 8.32. The summed E-state index contributed by atoms with van der Waals surface area (Å²) < 4.78 is 5.17. The number of carbonyl (C=O) groups excluding carboxylic acids is 1. The van der Waals surface area contributed by atoms with E-state index in [1.807, 2.05) is 24.3 Å². The molecule has 2 aromatic carbocycles. The van der Waals surface area contributed by atoms with Gasteiger partial charge in [-0.05, 0) is 42.5 Å². The Kier molecular flexibility index (Phi) is 6.43. The van der Waals surface area contributed by atoms with Crippen molar-refractivity contribution in [3.8, 4) is 5.75 Å². The second-order valence-electron chi connectivity index (χ2n) is 4.40. The van der Waals surface area contributed by atoms with Gasteiger partial charge in [0.05, 0.1) is 12.7 Å². The van der Waals surface area contributed by atoms with E-state index in [0.29, 0.717) is 27.9 Å². The van der Waals surface area contributed by atoms with Gasteiger partial charge >= 0.3 is 0 Å². The maximum Gasteiger partial charge on any atom is 0.255 e. The van der Waals surface area contributed by atoms with Crippen LogP contribution in [0, 0.1) is 0 Å². The monoisotopic (exact) mass is 355 g/mol. The number of nitrogens with one attached hydrogen (secondary N) is 1. The van der Waals surface area contributed by atoms with Crippen LogP contribution in [0.4, 0.5) is 0 Å². The number of rotatable bonds is 6. The molecule has 22 heavy (non-hydrogen) atoms. The molecule has 0 saturated heterocycles. The van der Waals surface area contributed by atoms with Crippen LogP contribution in [-0.2, 0) is 0 Å². The minimum absolute atomic E-state index is 0.198. The zero-order chi connectivity index (χ0) is 15.9. The van der Waals surface area contributed by atoms with Gasteiger partial charge in [0.15, 0.2) is 0 Å². The zero-order valence-electron chi connectivity index (χ0n) is 11.9. The Hall–Kier alpha value is -1.36. The lowest BCUT2D eigenvalue weighted by Gasteiger charge is -2.09. The van der Waals surface area contributed by atoms with Crippen LogP contribution in [0.2, 0.25) is 10.0 Å². The average molecular weight is 356 g/mol. The summed E-state index contributed by atoms with van der Waals surface area (Å²) in [4.78, 5) is 13.3. The number of carbonyl (C=O) groups is 1. The molecule has 0 aliphatic carbocycles. The van der Waals surface area contributed by atoms with Crippen molar-refractivity contribution < 1.29 is 9.53 Å². The van der Waals surface area contributed by atoms with E-state index in [9.17, 15) is 4.79 Å². The van der Waals surface area contributed by atoms with Gasteiger partial charge in [-0.2, -0.15) is 0 Å². The van der Waals surface area contributed by atoms with Crippen LogP contribution in [0.5, 0.6) is 5.75 Å². The van der Waals surface area contributed by atoms with Crippen LogP contribution >= 0.6 is 35.0 Å². The molecule has 0 aliphatic heterocycles. The molecule has 0 fully saturated rings. The molecule has 1 amide bonds. The van der Waals surface area contributed by atoms with Gasteiger partial charge in [-0.3, -0.25) is 4.79 Å². The number of ether oxygens (including phenoxy) is 1. The Morgan fingerprint density at radius 3 is 2.50 bits per heavy atom. The highest BCUT2D eigenvalue weighted by Gasteiger charge is 2.12. The van der Waals surface area contributed by atoms with Crippen LogP contribution < -0.4 is 10.1 Å². The third kappa shape index (κ3) is 4.83. The summed E-state index contributed by atoms with van der Waals surface area (Å²) in [6.07, 6.45) is 0. The Balaban J connectivity index is 1.85. The van der Waals surface area contributed by atoms with Crippen LogP contribution in [0.15, 0.2) is 47.4 Å². The highest BCUT2D eigenvalue weighted by atomic mass is 35.5. The molecule has 2 rings (SSSR count). The Morgan fingerprint density at radius 2 is 1.82 bits per heavy atom. The Morgan fingerprint density at radius 1 is 1.14 bits per heavy atom. The lowest BCUT2D eigenvalue weighted by atomic mass is 10.2. The van der Waals surface area contributed by atoms with Crippen molar-refractivity contribution in [2.45, 2.75) is 4.90 Å². The van der Waals surface area contributed by atoms with E-state index in [1.54, 1.807) is 30.0 Å². The SMILES string of the molecule is COc1ccc(Cl)cc1C(=O)NCCSc1ccc(Cl)cc1. The number of hydrogen-bond acceptors (Lipinski definition) is 3. The van der Waals surface area contributed by atoms with Crippen molar-refractivity contribution in [1.29, 1.82) is 0 Å². The molecule has 0 radical (unpaired) electrons. The van der Waals surface area contributed by atoms with E-state index in [0.717, 1.165) is 10.6 Å². The van der Waals surface area contributed by atoms with E-state index in [4.69, 9.17) is 27.9 Å². The fraction of sp³-hybridized carbons (Fsp3) is 0.188. The maximum atomic E-state index is 12.2. The van der Waals surface area contributed by atoms with E-state index in [1.165, 1.54) is 7.11 Å². The standard InChI is InChI=1S/C16H15Cl2NO2S/c1-21-15-7-4-12(18)10-14(15)16(20)19-8-9-22-13-5-2-11(17)3-6-13/h2-7,10H,8-9H2,1H3,(H,19,20). The summed E-state index contributed by atoms with van der Waals surface area (Å²) >= 11 is 13.4. The van der Waals surface area contributed by atoms with Gasteiger partial charge in [0.2, 0.25) is 0 Å². The van der Waals surface area contributed by atoms with Crippen molar-refractivity contribution >= 4 is 40.9 Å². The second-order valence-corrected chi connectivity index (χ2v) is 6.44. The summed E-state index contributed by atoms with van der Waals surface area (Å²) in [5.74, 6) is 1.07. The first kappa shape index (κ1) is 17.0. The largest absolute Gasteiger partial charge is 0.496 e. The van der Waals surface area contributed by atoms with Crippen LogP contribution in [0.25, 0.3) is 0 Å². The highest BCUT2D eigenvalue weighted by Crippen LogP contribution is 2.23. The number of thioether (sulfide) groups is 1. The third-order valence-corrected chi connectivity index (χ3v) is 4.38. The molecule has 116 valence electrons. The van der Waals surface area contributed by atoms with Crippen molar-refractivity contribution in [2.24, 2.45) is 0 Å². The molecule has 0 aromatic heterocycles. The molecule has 0 bridgehead atoms. The predicted molar refractivity (Wildman–Crippen MR) is 92.5 cm³/mol. The van der Waals surface area contributed by atoms with Crippen LogP contribution in [-0.4, -0.2) is 25.3 Å². The van der Waals surface area contributed by atoms with Crippen LogP contribution in [0.1, 0.15) is 10.4 Å². The molecule has 0 heterocycles. The summed E-state index contributed by atoms with van der Waals surface area (Å²) in [5, 5.41) is 4.07. The van der Waals surface area contributed by atoms with Crippen molar-refractivity contribution in [3.63, 3.8) is 0 Å². The van der Waals surface area contributed by atoms with Gasteiger partial charge in [-0.15, -0.1) is 11.8 Å². The molecule has 0 unspecified atom stereocenters. The zero-order valence-corrected chi connectivity index (χ0v) is 14.3. The Labute approximate surface area is 144 Å². The fourth-order valence-corrected chi connectivity index (χ4v) is 2.88. The van der Waals surface area contributed by atoms with Gasteiger partial charge in [-0.1, -0.05) is 23.2 Å². The molecule has 2 aromatic rings. The van der Waals surface area contributed by atoms with Gasteiger partial charge in [-0.25, -0.2) is 0 Å². The number of methoxy groups -OCH3 is 1. The summed E-state index contributed by atoms with van der Waals surface area (Å²) in [6, 6.07) is 12.6.